The first-order valence-electron chi connectivity index (χ1n) is 6.00. The lowest BCUT2D eigenvalue weighted by Crippen LogP contribution is -1.96. The van der Waals surface area contributed by atoms with Crippen LogP contribution in [0.25, 0.3) is 16.7 Å². The van der Waals surface area contributed by atoms with Gasteiger partial charge in [0.2, 0.25) is 0 Å². The van der Waals surface area contributed by atoms with Gasteiger partial charge in [0.05, 0.1) is 11.2 Å². The Balaban J connectivity index is 2.38. The van der Waals surface area contributed by atoms with Crippen molar-refractivity contribution >= 4 is 16.7 Å². The van der Waals surface area contributed by atoms with Crippen LogP contribution in [-0.4, -0.2) is 15.0 Å². The van der Waals surface area contributed by atoms with Crippen molar-refractivity contribution in [1.82, 2.24) is 15.0 Å². The second-order valence-corrected chi connectivity index (χ2v) is 3.89. The highest BCUT2D eigenvalue weighted by Gasteiger charge is 2.04. The smallest absolute Gasteiger partial charge is 0.113 e. The van der Waals surface area contributed by atoms with Crippen molar-refractivity contribution < 1.29 is 0 Å². The quantitative estimate of drug-likeness (QED) is 0.746. The third kappa shape index (κ3) is 2.44. The second kappa shape index (κ2) is 5.43. The lowest BCUT2D eigenvalue weighted by atomic mass is 10.2. The zero-order valence-electron chi connectivity index (χ0n) is 10.3. The molecule has 3 nitrogen and oxygen atoms in total. The number of fused-ring (bicyclic) bond motifs is 1. The molecule has 0 amide bonds. The maximum atomic E-state index is 4.19. The molecule has 0 aliphatic heterocycles. The Morgan fingerprint density at radius 3 is 2.94 bits per heavy atom. The largest absolute Gasteiger partial charge is 0.213 e. The molecule has 1 aromatic heterocycles. The highest BCUT2D eigenvalue weighted by atomic mass is 15.4. The van der Waals surface area contributed by atoms with Crippen molar-refractivity contribution in [2.75, 3.05) is 0 Å². The Hall–Kier alpha value is -1.90. The molecular formula is C14H17N3. The van der Waals surface area contributed by atoms with Gasteiger partial charge in [0.1, 0.15) is 5.52 Å². The van der Waals surface area contributed by atoms with E-state index in [0.29, 0.717) is 0 Å². The molecule has 1 aromatic carbocycles. The topological polar surface area (TPSA) is 30.7 Å². The van der Waals surface area contributed by atoms with E-state index in [1.807, 2.05) is 41.9 Å². The van der Waals surface area contributed by atoms with E-state index in [9.17, 15) is 0 Å². The molecule has 0 saturated heterocycles. The van der Waals surface area contributed by atoms with Crippen LogP contribution in [-0.2, 0) is 0 Å². The van der Waals surface area contributed by atoms with Crippen molar-refractivity contribution in [3.8, 4) is 0 Å². The van der Waals surface area contributed by atoms with Gasteiger partial charge in [-0.05, 0) is 31.6 Å². The number of hydrogen-bond acceptors (Lipinski definition) is 2. The molecule has 0 radical (unpaired) electrons. The molecule has 3 heteroatoms. The lowest BCUT2D eigenvalue weighted by molar-refractivity contribution is 0.842. The fourth-order valence-electron chi connectivity index (χ4n) is 1.72. The summed E-state index contributed by atoms with van der Waals surface area (Å²) >= 11 is 0. The summed E-state index contributed by atoms with van der Waals surface area (Å²) in [4.78, 5) is 0. The molecule has 0 spiro atoms. The summed E-state index contributed by atoms with van der Waals surface area (Å²) < 4.78 is 1.88. The molecule has 0 fully saturated rings. The third-order valence-corrected chi connectivity index (χ3v) is 2.64. The Morgan fingerprint density at radius 1 is 1.35 bits per heavy atom. The van der Waals surface area contributed by atoms with Crippen LogP contribution >= 0.6 is 0 Å². The molecule has 0 saturated carbocycles. The molecule has 0 unspecified atom stereocenters. The summed E-state index contributed by atoms with van der Waals surface area (Å²) in [7, 11) is 0. The lowest BCUT2D eigenvalue weighted by Gasteiger charge is -2.02. The summed E-state index contributed by atoms with van der Waals surface area (Å²) in [5.41, 5.74) is 3.03. The Morgan fingerprint density at radius 2 is 2.18 bits per heavy atom. The minimum absolute atomic E-state index is 0.927. The molecule has 2 rings (SSSR count). The van der Waals surface area contributed by atoms with Gasteiger partial charge in [-0.15, -0.1) is 5.10 Å². The molecule has 0 aliphatic rings. The van der Waals surface area contributed by atoms with Gasteiger partial charge in [-0.3, -0.25) is 0 Å². The minimum atomic E-state index is 0.927. The number of unbranched alkanes of at least 4 members (excludes halogenated alkanes) is 1. The van der Waals surface area contributed by atoms with Gasteiger partial charge in [0, 0.05) is 0 Å². The maximum Gasteiger partial charge on any atom is 0.113 e. The van der Waals surface area contributed by atoms with Crippen molar-refractivity contribution in [2.45, 2.75) is 26.7 Å². The summed E-state index contributed by atoms with van der Waals surface area (Å²) in [5, 5.41) is 8.35. The Bertz CT molecular complexity index is 549. The molecule has 0 aliphatic carbocycles. The molecule has 2 aromatic rings. The van der Waals surface area contributed by atoms with E-state index in [1.54, 1.807) is 0 Å². The van der Waals surface area contributed by atoms with Gasteiger partial charge >= 0.3 is 0 Å². The van der Waals surface area contributed by atoms with E-state index in [-0.39, 0.29) is 0 Å². The van der Waals surface area contributed by atoms with Gasteiger partial charge in [-0.2, -0.15) is 0 Å². The van der Waals surface area contributed by atoms with Crippen LogP contribution in [0, 0.1) is 0 Å². The fraction of sp³-hybridized carbons (Fsp3) is 0.286. The molecule has 0 N–H and O–H groups in total. The van der Waals surface area contributed by atoms with Gasteiger partial charge < -0.3 is 0 Å². The summed E-state index contributed by atoms with van der Waals surface area (Å²) in [6.45, 7) is 4.19. The number of aromatic nitrogens is 3. The molecular weight excluding hydrogens is 210 g/mol. The van der Waals surface area contributed by atoms with Crippen molar-refractivity contribution in [1.29, 1.82) is 0 Å². The number of hydrogen-bond donors (Lipinski definition) is 0. The number of allylic oxidation sites excluding steroid dienone is 4. The Kier molecular flexibility index (Phi) is 3.70. The van der Waals surface area contributed by atoms with Crippen molar-refractivity contribution in [3.05, 3.63) is 42.5 Å². The minimum Gasteiger partial charge on any atom is -0.213 e. The summed E-state index contributed by atoms with van der Waals surface area (Å²) in [6.07, 6.45) is 8.57. The van der Waals surface area contributed by atoms with Crippen LogP contribution in [0.3, 0.4) is 0 Å². The predicted molar refractivity (Wildman–Crippen MR) is 71.5 cm³/mol. The van der Waals surface area contributed by atoms with E-state index >= 15 is 0 Å². The highest BCUT2D eigenvalue weighted by molar-refractivity contribution is 5.79. The first-order chi connectivity index (χ1) is 8.36. The maximum absolute atomic E-state index is 4.19. The van der Waals surface area contributed by atoms with Gasteiger partial charge in [0.15, 0.2) is 0 Å². The fourth-order valence-corrected chi connectivity index (χ4v) is 1.72. The van der Waals surface area contributed by atoms with Crippen molar-refractivity contribution in [2.24, 2.45) is 0 Å². The average Bonchev–Trinajstić information content (AvgIpc) is 2.79. The summed E-state index contributed by atoms with van der Waals surface area (Å²) in [6, 6.07) is 7.99. The molecule has 1 heterocycles. The van der Waals surface area contributed by atoms with Gasteiger partial charge in [-0.25, -0.2) is 4.68 Å². The van der Waals surface area contributed by atoms with E-state index < -0.39 is 0 Å². The number of rotatable bonds is 4. The van der Waals surface area contributed by atoms with Crippen LogP contribution in [0.15, 0.2) is 42.5 Å². The van der Waals surface area contributed by atoms with E-state index in [4.69, 9.17) is 0 Å². The SMILES string of the molecule is C/C=C(\C=C/CCC)n1nnc2ccccc21. The van der Waals surface area contributed by atoms with Crippen LogP contribution in [0.5, 0.6) is 0 Å². The van der Waals surface area contributed by atoms with E-state index in [0.717, 1.165) is 29.6 Å². The number of benzene rings is 1. The average molecular weight is 227 g/mol. The molecule has 88 valence electrons. The van der Waals surface area contributed by atoms with Crippen LogP contribution in [0.2, 0.25) is 0 Å². The highest BCUT2D eigenvalue weighted by Crippen LogP contribution is 2.15. The third-order valence-electron chi connectivity index (χ3n) is 2.64. The van der Waals surface area contributed by atoms with Crippen molar-refractivity contribution in [3.63, 3.8) is 0 Å². The Labute approximate surface area is 101 Å². The zero-order chi connectivity index (χ0) is 12.1. The van der Waals surface area contributed by atoms with Gasteiger partial charge in [0.25, 0.3) is 0 Å². The first-order valence-corrected chi connectivity index (χ1v) is 6.00. The summed E-state index contributed by atoms with van der Waals surface area (Å²) in [5.74, 6) is 0. The van der Waals surface area contributed by atoms with Crippen LogP contribution < -0.4 is 0 Å². The molecule has 17 heavy (non-hydrogen) atoms. The normalized spacial score (nSPS) is 12.7. The van der Waals surface area contributed by atoms with Crippen LogP contribution in [0.1, 0.15) is 26.7 Å². The van der Waals surface area contributed by atoms with Gasteiger partial charge in [-0.1, -0.05) is 42.8 Å². The zero-order valence-corrected chi connectivity index (χ0v) is 10.3. The molecule has 0 bridgehead atoms. The predicted octanol–water partition coefficient (Wildman–Crippen LogP) is 3.65. The number of para-hydroxylation sites is 1. The second-order valence-electron chi connectivity index (χ2n) is 3.89. The monoisotopic (exact) mass is 227 g/mol. The van der Waals surface area contributed by atoms with E-state index in [2.05, 4.69) is 29.4 Å². The standard InChI is InChI=1S/C14H17N3/c1-3-5-6-9-12(4-2)17-14-11-8-7-10-13(14)15-16-17/h4,6-11H,3,5H2,1-2H3/b9-6-,12-4+. The molecule has 0 atom stereocenters. The number of nitrogens with zero attached hydrogens (tertiary/aromatic N) is 3. The van der Waals surface area contributed by atoms with E-state index in [1.165, 1.54) is 0 Å². The van der Waals surface area contributed by atoms with Crippen LogP contribution in [0.4, 0.5) is 0 Å². The first kappa shape index (κ1) is 11.6.